The minimum Gasteiger partial charge on any atom is -0.401 e. The molecule has 2 nitrogen and oxygen atoms in total. The van der Waals surface area contributed by atoms with E-state index in [1.54, 1.807) is 19.3 Å². The van der Waals surface area contributed by atoms with E-state index in [4.69, 9.17) is 5.73 Å². The Bertz CT molecular complexity index is 88.3. The summed E-state index contributed by atoms with van der Waals surface area (Å²) in [6, 6.07) is 0. The van der Waals surface area contributed by atoms with Gasteiger partial charge in [0.2, 0.25) is 0 Å². The SMILES string of the molecule is CC=N/C=C(/C)N. The molecule has 0 aliphatic carbocycles. The Balaban J connectivity index is 3.46. The fourth-order valence-electron chi connectivity index (χ4n) is 0.192. The molecule has 0 fully saturated rings. The van der Waals surface area contributed by atoms with Crippen molar-refractivity contribution in [3.63, 3.8) is 0 Å². The van der Waals surface area contributed by atoms with Crippen molar-refractivity contribution in [3.8, 4) is 0 Å². The highest BCUT2D eigenvalue weighted by Crippen LogP contribution is 1.77. The Morgan fingerprint density at radius 1 is 1.71 bits per heavy atom. The average Bonchev–Trinajstić information content (AvgIpc) is 1.61. The number of allylic oxidation sites excluding steroid dienone is 1. The lowest BCUT2D eigenvalue weighted by atomic mass is 10.6. The summed E-state index contributed by atoms with van der Waals surface area (Å²) in [5.74, 6) is 0. The molecule has 0 unspecified atom stereocenters. The van der Waals surface area contributed by atoms with Crippen LogP contribution in [0.15, 0.2) is 16.9 Å². The van der Waals surface area contributed by atoms with E-state index in [2.05, 4.69) is 4.99 Å². The van der Waals surface area contributed by atoms with Gasteiger partial charge in [0.15, 0.2) is 0 Å². The van der Waals surface area contributed by atoms with Gasteiger partial charge in [-0.25, -0.2) is 0 Å². The van der Waals surface area contributed by atoms with Crippen molar-refractivity contribution in [3.05, 3.63) is 11.9 Å². The van der Waals surface area contributed by atoms with Crippen LogP contribution in [0.3, 0.4) is 0 Å². The van der Waals surface area contributed by atoms with Gasteiger partial charge in [-0.3, -0.25) is 4.99 Å². The van der Waals surface area contributed by atoms with E-state index in [1.165, 1.54) is 0 Å². The van der Waals surface area contributed by atoms with Gasteiger partial charge in [0.1, 0.15) is 0 Å². The van der Waals surface area contributed by atoms with Gasteiger partial charge in [0.05, 0.1) is 0 Å². The third-order valence-corrected chi connectivity index (χ3v) is 0.427. The molecule has 0 aliphatic heterocycles. The number of aliphatic imine (C=N–C) groups is 1. The Labute approximate surface area is 43.7 Å². The van der Waals surface area contributed by atoms with E-state index in [1.807, 2.05) is 6.92 Å². The summed E-state index contributed by atoms with van der Waals surface area (Å²) in [7, 11) is 0. The second kappa shape index (κ2) is 3.40. The molecule has 0 heterocycles. The number of nitrogens with two attached hydrogens (primary N) is 1. The minimum atomic E-state index is 0.734. The van der Waals surface area contributed by atoms with Crippen LogP contribution in [0.4, 0.5) is 0 Å². The molecule has 40 valence electrons. The maximum atomic E-state index is 5.23. The van der Waals surface area contributed by atoms with Crippen LogP contribution in [-0.2, 0) is 0 Å². The summed E-state index contributed by atoms with van der Waals surface area (Å²) in [4.78, 5) is 3.76. The van der Waals surface area contributed by atoms with E-state index in [-0.39, 0.29) is 0 Å². The van der Waals surface area contributed by atoms with Gasteiger partial charge in [0, 0.05) is 18.1 Å². The topological polar surface area (TPSA) is 38.4 Å². The van der Waals surface area contributed by atoms with Crippen LogP contribution in [0.2, 0.25) is 0 Å². The molecule has 0 bridgehead atoms. The van der Waals surface area contributed by atoms with Gasteiger partial charge in [0.25, 0.3) is 0 Å². The molecule has 2 heteroatoms. The van der Waals surface area contributed by atoms with E-state index in [0.29, 0.717) is 0 Å². The van der Waals surface area contributed by atoms with Crippen molar-refractivity contribution in [1.29, 1.82) is 0 Å². The molecule has 2 N–H and O–H groups in total. The number of hydrogen-bond acceptors (Lipinski definition) is 2. The summed E-state index contributed by atoms with van der Waals surface area (Å²) in [6.45, 7) is 3.65. The second-order valence-electron chi connectivity index (χ2n) is 1.28. The van der Waals surface area contributed by atoms with Crippen LogP contribution < -0.4 is 5.73 Å². The Morgan fingerprint density at radius 2 is 2.29 bits per heavy atom. The highest BCUT2D eigenvalue weighted by molar-refractivity contribution is 5.54. The van der Waals surface area contributed by atoms with Gasteiger partial charge >= 0.3 is 0 Å². The van der Waals surface area contributed by atoms with Crippen molar-refractivity contribution >= 4 is 6.21 Å². The largest absolute Gasteiger partial charge is 0.401 e. The van der Waals surface area contributed by atoms with Crippen LogP contribution in [-0.4, -0.2) is 6.21 Å². The first kappa shape index (κ1) is 6.21. The molecular formula is C5H10N2. The zero-order chi connectivity index (χ0) is 5.70. The van der Waals surface area contributed by atoms with E-state index in [0.717, 1.165) is 5.70 Å². The monoisotopic (exact) mass is 98.1 g/mol. The maximum absolute atomic E-state index is 5.23. The Morgan fingerprint density at radius 3 is 2.43 bits per heavy atom. The lowest BCUT2D eigenvalue weighted by Crippen LogP contribution is -1.87. The van der Waals surface area contributed by atoms with Gasteiger partial charge in [-0.1, -0.05) is 0 Å². The average molecular weight is 98.1 g/mol. The molecule has 0 radical (unpaired) electrons. The van der Waals surface area contributed by atoms with Crippen molar-refractivity contribution in [2.45, 2.75) is 13.8 Å². The molecule has 0 spiro atoms. The molecule has 7 heavy (non-hydrogen) atoms. The molecule has 0 saturated heterocycles. The van der Waals surface area contributed by atoms with Crippen LogP contribution >= 0.6 is 0 Å². The number of hydrogen-bond donors (Lipinski definition) is 1. The molecule has 0 aromatic carbocycles. The molecule has 0 atom stereocenters. The van der Waals surface area contributed by atoms with Crippen LogP contribution in [0.1, 0.15) is 13.8 Å². The van der Waals surface area contributed by atoms with Crippen molar-refractivity contribution < 1.29 is 0 Å². The van der Waals surface area contributed by atoms with Gasteiger partial charge < -0.3 is 5.73 Å². The summed E-state index contributed by atoms with van der Waals surface area (Å²) in [6.07, 6.45) is 3.30. The first-order valence-electron chi connectivity index (χ1n) is 2.17. The Kier molecular flexibility index (Phi) is 3.02. The quantitative estimate of drug-likeness (QED) is 0.486. The normalized spacial score (nSPS) is 13.1. The maximum Gasteiger partial charge on any atom is 0.0448 e. The number of nitrogens with zero attached hydrogens (tertiary/aromatic N) is 1. The second-order valence-corrected chi connectivity index (χ2v) is 1.28. The zero-order valence-corrected chi connectivity index (χ0v) is 4.68. The van der Waals surface area contributed by atoms with Gasteiger partial charge in [-0.05, 0) is 13.8 Å². The lowest BCUT2D eigenvalue weighted by Gasteiger charge is -1.79. The highest BCUT2D eigenvalue weighted by Gasteiger charge is 1.66. The predicted molar refractivity (Wildman–Crippen MR) is 32.1 cm³/mol. The Hall–Kier alpha value is -0.790. The zero-order valence-electron chi connectivity index (χ0n) is 4.68. The lowest BCUT2D eigenvalue weighted by molar-refractivity contribution is 1.28. The summed E-state index contributed by atoms with van der Waals surface area (Å²) < 4.78 is 0. The number of rotatable bonds is 1. The van der Waals surface area contributed by atoms with Crippen LogP contribution in [0, 0.1) is 0 Å². The first-order chi connectivity index (χ1) is 3.27. The first-order valence-corrected chi connectivity index (χ1v) is 2.17. The molecule has 0 saturated carbocycles. The standard InChI is InChI=1S/C5H10N2/c1-3-7-4-5(2)6/h3-4H,6H2,1-2H3/b5-4-,7-3?. The minimum absolute atomic E-state index is 0.734. The third-order valence-electron chi connectivity index (χ3n) is 0.427. The summed E-state index contributed by atoms with van der Waals surface area (Å²) in [5.41, 5.74) is 5.96. The van der Waals surface area contributed by atoms with E-state index < -0.39 is 0 Å². The van der Waals surface area contributed by atoms with Crippen LogP contribution in [0.5, 0.6) is 0 Å². The predicted octanol–water partition coefficient (Wildman–Crippen LogP) is 0.897. The van der Waals surface area contributed by atoms with Crippen molar-refractivity contribution in [2.24, 2.45) is 10.7 Å². The molecule has 0 aromatic heterocycles. The summed E-state index contributed by atoms with van der Waals surface area (Å²) in [5, 5.41) is 0. The van der Waals surface area contributed by atoms with E-state index >= 15 is 0 Å². The molecule has 0 aromatic rings. The fraction of sp³-hybridized carbons (Fsp3) is 0.400. The third kappa shape index (κ3) is 5.21. The molecule has 0 amide bonds. The smallest absolute Gasteiger partial charge is 0.0448 e. The van der Waals surface area contributed by atoms with Gasteiger partial charge in [-0.15, -0.1) is 0 Å². The molecule has 0 aliphatic rings. The summed E-state index contributed by atoms with van der Waals surface area (Å²) >= 11 is 0. The van der Waals surface area contributed by atoms with Crippen LogP contribution in [0.25, 0.3) is 0 Å². The van der Waals surface area contributed by atoms with Crippen molar-refractivity contribution in [2.75, 3.05) is 0 Å². The fourth-order valence-corrected chi connectivity index (χ4v) is 0.192. The molecule has 0 rings (SSSR count). The molecular weight excluding hydrogens is 88.1 g/mol. The van der Waals surface area contributed by atoms with Crippen molar-refractivity contribution in [1.82, 2.24) is 0 Å². The van der Waals surface area contributed by atoms with E-state index in [9.17, 15) is 0 Å². The van der Waals surface area contributed by atoms with Gasteiger partial charge in [-0.2, -0.15) is 0 Å². The highest BCUT2D eigenvalue weighted by atomic mass is 14.7.